The lowest BCUT2D eigenvalue weighted by Gasteiger charge is -2.16. The molecule has 0 aliphatic carbocycles. The first kappa shape index (κ1) is 13.2. The molecule has 0 fully saturated rings. The molecule has 102 valence electrons. The molecule has 0 aliphatic rings. The van der Waals surface area contributed by atoms with Gasteiger partial charge in [0, 0.05) is 10.9 Å². The first-order chi connectivity index (χ1) is 9.75. The predicted molar refractivity (Wildman–Crippen MR) is 83.2 cm³/mol. The van der Waals surface area contributed by atoms with Gasteiger partial charge < -0.3 is 9.84 Å². The van der Waals surface area contributed by atoms with Crippen molar-refractivity contribution in [3.8, 4) is 5.75 Å². The van der Waals surface area contributed by atoms with Crippen LogP contribution in [0.4, 0.5) is 0 Å². The van der Waals surface area contributed by atoms with Crippen LogP contribution < -0.4 is 4.74 Å². The summed E-state index contributed by atoms with van der Waals surface area (Å²) < 4.78 is 6.00. The van der Waals surface area contributed by atoms with E-state index >= 15 is 0 Å². The average molecular weight is 284 g/mol. The molecule has 0 saturated heterocycles. The van der Waals surface area contributed by atoms with E-state index in [1.54, 1.807) is 18.3 Å². The lowest BCUT2D eigenvalue weighted by molar-refractivity contribution is 0.191. The summed E-state index contributed by atoms with van der Waals surface area (Å²) in [7, 11) is 0. The molecular formula is C17H16O2S. The molecule has 0 radical (unpaired) electrons. The minimum atomic E-state index is -0.544. The van der Waals surface area contributed by atoms with Crippen molar-refractivity contribution in [2.45, 2.75) is 19.6 Å². The van der Waals surface area contributed by atoms with Crippen LogP contribution in [0, 0.1) is 0 Å². The number of hydrogen-bond acceptors (Lipinski definition) is 3. The number of rotatable bonds is 4. The fourth-order valence-corrected chi connectivity index (χ4v) is 2.93. The minimum absolute atomic E-state index is 0.525. The summed E-state index contributed by atoms with van der Waals surface area (Å²) >= 11 is 1.66. The fourth-order valence-electron chi connectivity index (χ4n) is 2.28. The second-order valence-corrected chi connectivity index (χ2v) is 5.58. The van der Waals surface area contributed by atoms with E-state index in [1.807, 2.05) is 35.7 Å². The smallest absolute Gasteiger partial charge is 0.133 e. The number of ether oxygens (including phenoxy) is 1. The van der Waals surface area contributed by atoms with E-state index in [0.717, 1.165) is 27.6 Å². The second-order valence-electron chi connectivity index (χ2n) is 4.80. The molecular weight excluding hydrogens is 268 g/mol. The molecule has 0 amide bonds. The van der Waals surface area contributed by atoms with E-state index in [1.165, 1.54) is 0 Å². The highest BCUT2D eigenvalue weighted by atomic mass is 32.1. The first-order valence-electron chi connectivity index (χ1n) is 6.59. The highest BCUT2D eigenvalue weighted by Crippen LogP contribution is 2.34. The minimum Gasteiger partial charge on any atom is -0.488 e. The Kier molecular flexibility index (Phi) is 3.72. The van der Waals surface area contributed by atoms with E-state index in [2.05, 4.69) is 17.5 Å². The molecule has 0 bridgehead atoms. The maximum atomic E-state index is 9.94. The molecule has 3 aromatic rings. The van der Waals surface area contributed by atoms with Crippen molar-refractivity contribution in [3.05, 3.63) is 64.4 Å². The van der Waals surface area contributed by atoms with E-state index in [9.17, 15) is 5.11 Å². The van der Waals surface area contributed by atoms with E-state index < -0.39 is 6.10 Å². The predicted octanol–water partition coefficient (Wildman–Crippen LogP) is 4.53. The lowest BCUT2D eigenvalue weighted by atomic mass is 10.0. The van der Waals surface area contributed by atoms with Crippen LogP contribution in [0.1, 0.15) is 24.2 Å². The number of aliphatic hydroxyl groups excluding tert-OH is 1. The van der Waals surface area contributed by atoms with E-state index in [0.29, 0.717) is 6.61 Å². The zero-order valence-corrected chi connectivity index (χ0v) is 12.1. The summed E-state index contributed by atoms with van der Waals surface area (Å²) in [5.74, 6) is 0.782. The van der Waals surface area contributed by atoms with Crippen LogP contribution in [0.2, 0.25) is 0 Å². The van der Waals surface area contributed by atoms with Crippen LogP contribution >= 0.6 is 11.3 Å². The van der Waals surface area contributed by atoms with Crippen LogP contribution in [0.15, 0.2) is 53.2 Å². The summed E-state index contributed by atoms with van der Waals surface area (Å²) in [6.07, 6.45) is -0.544. The number of aliphatic hydroxyl groups is 1. The molecule has 3 heteroatoms. The van der Waals surface area contributed by atoms with Crippen molar-refractivity contribution in [1.29, 1.82) is 0 Å². The second kappa shape index (κ2) is 5.65. The third kappa shape index (κ3) is 2.55. The number of thiophene rings is 1. The van der Waals surface area contributed by atoms with Gasteiger partial charge in [0.25, 0.3) is 0 Å². The summed E-state index contributed by atoms with van der Waals surface area (Å²) in [5.41, 5.74) is 1.98. The Balaban J connectivity index is 2.03. The Hall–Kier alpha value is -1.84. The zero-order valence-electron chi connectivity index (χ0n) is 11.2. The Labute approximate surface area is 122 Å². The summed E-state index contributed by atoms with van der Waals surface area (Å²) in [5, 5.41) is 16.2. The van der Waals surface area contributed by atoms with Crippen LogP contribution in [0.25, 0.3) is 10.8 Å². The number of fused-ring (bicyclic) bond motifs is 1. The van der Waals surface area contributed by atoms with Crippen molar-refractivity contribution in [3.63, 3.8) is 0 Å². The average Bonchev–Trinajstić information content (AvgIpc) is 2.97. The van der Waals surface area contributed by atoms with Crippen molar-refractivity contribution in [2.24, 2.45) is 0 Å². The Morgan fingerprint density at radius 1 is 1.15 bits per heavy atom. The molecule has 0 spiro atoms. The van der Waals surface area contributed by atoms with Gasteiger partial charge in [-0.15, -0.1) is 0 Å². The molecule has 1 heterocycles. The maximum absolute atomic E-state index is 9.94. The quantitative estimate of drug-likeness (QED) is 0.762. The maximum Gasteiger partial charge on any atom is 0.133 e. The van der Waals surface area contributed by atoms with Crippen LogP contribution in [-0.4, -0.2) is 5.11 Å². The molecule has 20 heavy (non-hydrogen) atoms. The van der Waals surface area contributed by atoms with Gasteiger partial charge in [-0.25, -0.2) is 0 Å². The van der Waals surface area contributed by atoms with Gasteiger partial charge in [0.2, 0.25) is 0 Å². The molecule has 2 aromatic carbocycles. The van der Waals surface area contributed by atoms with E-state index in [4.69, 9.17) is 4.74 Å². The highest BCUT2D eigenvalue weighted by Gasteiger charge is 2.13. The monoisotopic (exact) mass is 284 g/mol. The van der Waals surface area contributed by atoms with Crippen molar-refractivity contribution < 1.29 is 9.84 Å². The Bertz CT molecular complexity index is 702. The van der Waals surface area contributed by atoms with Gasteiger partial charge in [0.05, 0.1) is 6.10 Å². The summed E-state index contributed by atoms with van der Waals surface area (Å²) in [6.45, 7) is 2.29. The third-order valence-corrected chi connectivity index (χ3v) is 4.06. The Morgan fingerprint density at radius 3 is 2.75 bits per heavy atom. The highest BCUT2D eigenvalue weighted by molar-refractivity contribution is 7.07. The fraction of sp³-hybridized carbons (Fsp3) is 0.176. The van der Waals surface area contributed by atoms with Gasteiger partial charge in [-0.3, -0.25) is 0 Å². The molecule has 2 nitrogen and oxygen atoms in total. The standard InChI is InChI=1S/C17H16O2S/c1-12(18)15-7-6-14-4-2-3-5-16(14)17(15)19-10-13-8-9-20-11-13/h2-9,11-12,18H,10H2,1H3. The molecule has 1 aromatic heterocycles. The van der Waals surface area contributed by atoms with Crippen LogP contribution in [0.3, 0.4) is 0 Å². The molecule has 1 atom stereocenters. The largest absolute Gasteiger partial charge is 0.488 e. The third-order valence-electron chi connectivity index (χ3n) is 3.32. The van der Waals surface area contributed by atoms with Crippen molar-refractivity contribution in [1.82, 2.24) is 0 Å². The first-order valence-corrected chi connectivity index (χ1v) is 7.53. The van der Waals surface area contributed by atoms with E-state index in [-0.39, 0.29) is 0 Å². The Morgan fingerprint density at radius 2 is 2.00 bits per heavy atom. The number of hydrogen-bond donors (Lipinski definition) is 1. The summed E-state index contributed by atoms with van der Waals surface area (Å²) in [6, 6.07) is 14.1. The van der Waals surface area contributed by atoms with Gasteiger partial charge in [-0.05, 0) is 34.7 Å². The molecule has 1 unspecified atom stereocenters. The molecule has 1 N–H and O–H groups in total. The SMILES string of the molecule is CC(O)c1ccc2ccccc2c1OCc1ccsc1. The zero-order chi connectivity index (χ0) is 13.9. The van der Waals surface area contributed by atoms with Crippen molar-refractivity contribution in [2.75, 3.05) is 0 Å². The van der Waals surface area contributed by atoms with Gasteiger partial charge in [0.15, 0.2) is 0 Å². The lowest BCUT2D eigenvalue weighted by Crippen LogP contribution is -2.01. The van der Waals surface area contributed by atoms with Crippen molar-refractivity contribution >= 4 is 22.1 Å². The van der Waals surface area contributed by atoms with Gasteiger partial charge in [-0.2, -0.15) is 11.3 Å². The number of benzene rings is 2. The molecule has 0 aliphatic heterocycles. The molecule has 0 saturated carbocycles. The van der Waals surface area contributed by atoms with Gasteiger partial charge in [0.1, 0.15) is 12.4 Å². The summed E-state index contributed by atoms with van der Waals surface area (Å²) in [4.78, 5) is 0. The van der Waals surface area contributed by atoms with Gasteiger partial charge >= 0.3 is 0 Å². The normalized spacial score (nSPS) is 12.5. The topological polar surface area (TPSA) is 29.5 Å². The molecule has 3 rings (SSSR count). The van der Waals surface area contributed by atoms with Crippen LogP contribution in [-0.2, 0) is 6.61 Å². The van der Waals surface area contributed by atoms with Crippen LogP contribution in [0.5, 0.6) is 5.75 Å². The van der Waals surface area contributed by atoms with Gasteiger partial charge in [-0.1, -0.05) is 36.4 Å².